The number of aliphatic hydroxyl groups excluding tert-OH is 1. The number of aliphatic hydroxyl groups is 1. The Morgan fingerprint density at radius 3 is 2.00 bits per heavy atom. The molecular formula is C30H29N5O5S. The van der Waals surface area contributed by atoms with Crippen molar-refractivity contribution >= 4 is 11.8 Å². The minimum absolute atomic E-state index is 0.0633. The molecule has 4 atom stereocenters. The Morgan fingerprint density at radius 1 is 0.951 bits per heavy atom. The van der Waals surface area contributed by atoms with E-state index in [1.165, 1.54) is 28.6 Å². The summed E-state index contributed by atoms with van der Waals surface area (Å²) >= 11 is 1.38. The van der Waals surface area contributed by atoms with Gasteiger partial charge in [0.15, 0.2) is 0 Å². The molecule has 0 amide bonds. The molecule has 1 aromatic heterocycles. The van der Waals surface area contributed by atoms with Crippen molar-refractivity contribution in [1.82, 2.24) is 9.55 Å². The van der Waals surface area contributed by atoms with Crippen molar-refractivity contribution in [2.75, 3.05) is 19.0 Å². The summed E-state index contributed by atoms with van der Waals surface area (Å²) in [5.74, 6) is 0.358. The summed E-state index contributed by atoms with van der Waals surface area (Å²) in [6.45, 7) is -0.0309. The van der Waals surface area contributed by atoms with Gasteiger partial charge >= 0.3 is 5.69 Å². The zero-order chi connectivity index (χ0) is 28.7. The van der Waals surface area contributed by atoms with Crippen LogP contribution in [-0.2, 0) is 15.1 Å². The maximum absolute atomic E-state index is 12.7. The molecule has 3 aromatic carbocycles. The number of hydrogen-bond donors (Lipinski definition) is 2. The highest BCUT2D eigenvalue weighted by Crippen LogP contribution is 2.43. The Labute approximate surface area is 240 Å². The number of nitrogens with zero attached hydrogens (tertiary/aromatic N) is 4. The van der Waals surface area contributed by atoms with Gasteiger partial charge in [0.25, 0.3) is 5.56 Å². The molecule has 1 aliphatic heterocycles. The summed E-state index contributed by atoms with van der Waals surface area (Å²) in [5, 5.41) is 13.1. The fraction of sp³-hybridized carbons (Fsp3) is 0.267. The Morgan fingerprint density at radius 2 is 1.51 bits per heavy atom. The number of benzene rings is 3. The van der Waals surface area contributed by atoms with Crippen LogP contribution >= 0.6 is 11.8 Å². The number of azide groups is 1. The van der Waals surface area contributed by atoms with E-state index in [-0.39, 0.29) is 13.2 Å². The van der Waals surface area contributed by atoms with Gasteiger partial charge in [0.2, 0.25) is 0 Å². The monoisotopic (exact) mass is 571 g/mol. The topological polar surface area (TPSA) is 142 Å². The number of H-pyrrole nitrogens is 1. The molecule has 210 valence electrons. The number of ether oxygens (including phenoxy) is 2. The van der Waals surface area contributed by atoms with Gasteiger partial charge in [0.05, 0.1) is 25.4 Å². The third-order valence-corrected chi connectivity index (χ3v) is 8.41. The van der Waals surface area contributed by atoms with E-state index in [4.69, 9.17) is 9.47 Å². The number of aromatic amines is 1. The largest absolute Gasteiger partial charge is 0.396 e. The summed E-state index contributed by atoms with van der Waals surface area (Å²) in [5.41, 5.74) is 9.90. The molecule has 0 spiro atoms. The average molecular weight is 572 g/mol. The first-order valence-electron chi connectivity index (χ1n) is 13.1. The van der Waals surface area contributed by atoms with Gasteiger partial charge in [-0.2, -0.15) is 11.8 Å². The Bertz CT molecular complexity index is 1500. The van der Waals surface area contributed by atoms with E-state index in [2.05, 4.69) is 15.0 Å². The van der Waals surface area contributed by atoms with Crippen molar-refractivity contribution in [3.63, 3.8) is 0 Å². The van der Waals surface area contributed by atoms with E-state index in [0.717, 1.165) is 16.7 Å². The molecule has 4 aromatic rings. The van der Waals surface area contributed by atoms with Gasteiger partial charge in [-0.25, -0.2) is 4.79 Å². The summed E-state index contributed by atoms with van der Waals surface area (Å²) in [7, 11) is 0. The fourth-order valence-corrected chi connectivity index (χ4v) is 6.38. The van der Waals surface area contributed by atoms with Crippen LogP contribution in [0.5, 0.6) is 0 Å². The normalized spacial score (nSPS) is 20.4. The van der Waals surface area contributed by atoms with Crippen LogP contribution in [-0.4, -0.2) is 51.0 Å². The van der Waals surface area contributed by atoms with Crippen LogP contribution in [0.25, 0.3) is 10.4 Å². The molecule has 10 nitrogen and oxygen atoms in total. The van der Waals surface area contributed by atoms with Crippen molar-refractivity contribution in [2.45, 2.75) is 29.2 Å². The van der Waals surface area contributed by atoms with Crippen LogP contribution in [0.3, 0.4) is 0 Å². The van der Waals surface area contributed by atoms with Gasteiger partial charge in [0.1, 0.15) is 11.8 Å². The molecule has 2 heterocycles. The predicted octanol–water partition coefficient (Wildman–Crippen LogP) is 4.22. The van der Waals surface area contributed by atoms with Gasteiger partial charge in [-0.3, -0.25) is 14.3 Å². The Hall–Kier alpha value is -4.12. The number of thioether (sulfide) groups is 1. The second kappa shape index (κ2) is 13.0. The van der Waals surface area contributed by atoms with Gasteiger partial charge < -0.3 is 14.6 Å². The van der Waals surface area contributed by atoms with E-state index >= 15 is 0 Å². The van der Waals surface area contributed by atoms with Crippen molar-refractivity contribution in [2.24, 2.45) is 5.11 Å². The van der Waals surface area contributed by atoms with Crippen molar-refractivity contribution in [3.8, 4) is 0 Å². The Balaban J connectivity index is 1.58. The SMILES string of the molecule is [N-]=[N+]=N[C@@H]1[C@H](SCCO)[C@@H](COC(c2ccccc2)(c2ccccc2)c2ccccc2)O[C@H]1n1ccc(=O)[nH]c1=O. The molecule has 1 fully saturated rings. The van der Waals surface area contributed by atoms with E-state index in [1.807, 2.05) is 91.0 Å². The minimum Gasteiger partial charge on any atom is -0.396 e. The first-order valence-corrected chi connectivity index (χ1v) is 14.2. The van der Waals surface area contributed by atoms with Crippen LogP contribution in [0.4, 0.5) is 0 Å². The highest BCUT2D eigenvalue weighted by molar-refractivity contribution is 8.00. The Kier molecular flexibility index (Phi) is 9.03. The number of nitrogens with one attached hydrogen (secondary N) is 1. The maximum Gasteiger partial charge on any atom is 0.330 e. The lowest BCUT2D eigenvalue weighted by molar-refractivity contribution is -0.0777. The van der Waals surface area contributed by atoms with E-state index in [9.17, 15) is 20.2 Å². The second-order valence-electron chi connectivity index (χ2n) is 9.43. The smallest absolute Gasteiger partial charge is 0.330 e. The van der Waals surface area contributed by atoms with Gasteiger partial charge in [-0.15, -0.1) is 0 Å². The molecule has 0 aliphatic carbocycles. The number of aromatic nitrogens is 2. The molecule has 0 radical (unpaired) electrons. The maximum atomic E-state index is 12.7. The predicted molar refractivity (Wildman–Crippen MR) is 157 cm³/mol. The number of hydrogen-bond acceptors (Lipinski definition) is 7. The van der Waals surface area contributed by atoms with Crippen LogP contribution in [0.2, 0.25) is 0 Å². The van der Waals surface area contributed by atoms with Crippen molar-refractivity contribution < 1.29 is 14.6 Å². The quantitative estimate of drug-likeness (QED) is 0.119. The van der Waals surface area contributed by atoms with Gasteiger partial charge in [0, 0.05) is 28.2 Å². The standard InChI is InChI=1S/C30H29N5O5S/c31-34-33-26-27(41-19-18-36)24(40-28(26)35-17-16-25(37)32-29(35)38)20-39-30(21-10-4-1-5-11-21,22-12-6-2-7-13-22)23-14-8-3-9-15-23/h1-17,24,26-28,36H,18-20H2,(H,32,37,38)/t24-,26-,27-,28-/m1/s1. The van der Waals surface area contributed by atoms with E-state index in [1.54, 1.807) is 0 Å². The highest BCUT2D eigenvalue weighted by atomic mass is 32.2. The molecular weight excluding hydrogens is 542 g/mol. The summed E-state index contributed by atoms with van der Waals surface area (Å²) < 4.78 is 14.6. The molecule has 1 aliphatic rings. The van der Waals surface area contributed by atoms with Crippen molar-refractivity contribution in [3.05, 3.63) is 151 Å². The van der Waals surface area contributed by atoms with E-state index in [0.29, 0.717) is 5.75 Å². The van der Waals surface area contributed by atoms with Crippen molar-refractivity contribution in [1.29, 1.82) is 0 Å². The van der Waals surface area contributed by atoms with Crippen LogP contribution in [0.1, 0.15) is 22.9 Å². The molecule has 0 saturated carbocycles. The first kappa shape index (κ1) is 28.4. The van der Waals surface area contributed by atoms with E-state index < -0.39 is 40.5 Å². The lowest BCUT2D eigenvalue weighted by Crippen LogP contribution is -2.38. The van der Waals surface area contributed by atoms with Gasteiger partial charge in [-0.05, 0) is 22.2 Å². The highest BCUT2D eigenvalue weighted by Gasteiger charge is 2.47. The van der Waals surface area contributed by atoms with Crippen LogP contribution < -0.4 is 11.2 Å². The molecule has 41 heavy (non-hydrogen) atoms. The second-order valence-corrected chi connectivity index (χ2v) is 10.7. The molecule has 0 bridgehead atoms. The third kappa shape index (κ3) is 5.85. The molecule has 0 unspecified atom stereocenters. The fourth-order valence-electron chi connectivity index (χ4n) is 5.26. The van der Waals surface area contributed by atoms with Crippen LogP contribution in [0, 0.1) is 0 Å². The summed E-state index contributed by atoms with van der Waals surface area (Å²) in [6, 6.07) is 30.1. The molecule has 1 saturated heterocycles. The lowest BCUT2D eigenvalue weighted by atomic mass is 9.80. The lowest BCUT2D eigenvalue weighted by Gasteiger charge is -2.37. The molecule has 5 rings (SSSR count). The zero-order valence-corrected chi connectivity index (χ0v) is 22.8. The first-order chi connectivity index (χ1) is 20.1. The van der Waals surface area contributed by atoms with Crippen LogP contribution in [0.15, 0.2) is 118 Å². The summed E-state index contributed by atoms with van der Waals surface area (Å²) in [4.78, 5) is 29.7. The summed E-state index contributed by atoms with van der Waals surface area (Å²) in [6.07, 6.45) is -0.300. The average Bonchev–Trinajstić information content (AvgIpc) is 3.34. The zero-order valence-electron chi connectivity index (χ0n) is 22.0. The third-order valence-electron chi connectivity index (χ3n) is 7.03. The molecule has 2 N–H and O–H groups in total. The number of rotatable bonds is 11. The van der Waals surface area contributed by atoms with Gasteiger partial charge in [-0.1, -0.05) is 96.1 Å². The molecule has 11 heteroatoms. The minimum atomic E-state index is -1.01.